The van der Waals surface area contributed by atoms with E-state index < -0.39 is 0 Å². The van der Waals surface area contributed by atoms with Crippen molar-refractivity contribution in [3.05, 3.63) is 65.0 Å². The first-order valence-corrected chi connectivity index (χ1v) is 11.1. The highest BCUT2D eigenvalue weighted by atomic mass is 32.2. The Morgan fingerprint density at radius 2 is 1.67 bits per heavy atom. The highest BCUT2D eigenvalue weighted by Gasteiger charge is 2.14. The van der Waals surface area contributed by atoms with E-state index in [9.17, 15) is 4.79 Å². The van der Waals surface area contributed by atoms with Crippen LogP contribution in [0.25, 0.3) is 22.6 Å². The molecule has 4 aromatic rings. The Morgan fingerprint density at radius 1 is 1.03 bits per heavy atom. The number of anilines is 1. The number of carbonyl (C=O) groups excluding carboxylic acids is 1. The topological polar surface area (TPSA) is 98.7 Å². The molecule has 0 saturated carbocycles. The van der Waals surface area contributed by atoms with Crippen LogP contribution in [0.1, 0.15) is 11.1 Å². The van der Waals surface area contributed by atoms with Gasteiger partial charge in [-0.05, 0) is 13.8 Å². The molecule has 2 heterocycles. The van der Waals surface area contributed by atoms with Crippen molar-refractivity contribution in [1.29, 1.82) is 0 Å². The molecule has 2 aromatic carbocycles. The number of benzene rings is 2. The summed E-state index contributed by atoms with van der Waals surface area (Å²) in [7, 11) is 0. The lowest BCUT2D eigenvalue weighted by Gasteiger charge is -2.04. The molecule has 0 aliphatic rings. The smallest absolute Gasteiger partial charge is 0.236 e. The Morgan fingerprint density at radius 3 is 2.33 bits per heavy atom. The lowest BCUT2D eigenvalue weighted by Crippen LogP contribution is -2.16. The van der Waals surface area contributed by atoms with Gasteiger partial charge in [0.2, 0.25) is 11.1 Å². The Labute approximate surface area is 182 Å². The van der Waals surface area contributed by atoms with Gasteiger partial charge < -0.3 is 11.2 Å². The summed E-state index contributed by atoms with van der Waals surface area (Å²) in [5.41, 5.74) is 5.08. The number of aryl methyl sites for hydroxylation is 2. The summed E-state index contributed by atoms with van der Waals surface area (Å²) in [6, 6.07) is 16.0. The predicted octanol–water partition coefficient (Wildman–Crippen LogP) is 4.13. The van der Waals surface area contributed by atoms with Crippen LogP contribution < -0.4 is 11.2 Å². The van der Waals surface area contributed by atoms with Gasteiger partial charge in [0, 0.05) is 16.5 Å². The number of nitrogens with zero attached hydrogens (tertiary/aromatic N) is 4. The zero-order chi connectivity index (χ0) is 21.1. The molecule has 9 heteroatoms. The first-order valence-electron chi connectivity index (χ1n) is 9.22. The van der Waals surface area contributed by atoms with Crippen molar-refractivity contribution in [2.75, 3.05) is 16.9 Å². The minimum atomic E-state index is -0.176. The quantitative estimate of drug-likeness (QED) is 0.348. The zero-order valence-corrected chi connectivity index (χ0v) is 18.1. The van der Waals surface area contributed by atoms with Crippen LogP contribution in [0.5, 0.6) is 0 Å². The van der Waals surface area contributed by atoms with Crippen LogP contribution in [0.15, 0.2) is 59.1 Å². The molecular formula is C21H20N6OS2. The molecule has 0 bridgehead atoms. The summed E-state index contributed by atoms with van der Waals surface area (Å²) in [6.45, 7) is 4.06. The fourth-order valence-corrected chi connectivity index (χ4v) is 4.14. The molecule has 2 aromatic heterocycles. The number of amides is 1. The number of aromatic nitrogens is 4. The number of nitrogens with one attached hydrogen (secondary N) is 1. The highest BCUT2D eigenvalue weighted by Crippen LogP contribution is 2.26. The third-order valence-corrected chi connectivity index (χ3v) is 6.11. The fraction of sp³-hybridized carbons (Fsp3) is 0.143. The summed E-state index contributed by atoms with van der Waals surface area (Å²) >= 11 is 2.62. The van der Waals surface area contributed by atoms with Crippen LogP contribution in [-0.4, -0.2) is 31.5 Å². The third-order valence-electron chi connectivity index (χ3n) is 4.40. The lowest BCUT2D eigenvalue weighted by molar-refractivity contribution is -0.113. The number of hydrogen-bond donors (Lipinski definition) is 2. The van der Waals surface area contributed by atoms with Crippen LogP contribution in [0.3, 0.4) is 0 Å². The van der Waals surface area contributed by atoms with Crippen molar-refractivity contribution in [3.63, 3.8) is 0 Å². The van der Waals surface area contributed by atoms with Crippen LogP contribution in [-0.2, 0) is 4.79 Å². The van der Waals surface area contributed by atoms with Crippen molar-refractivity contribution in [2.24, 2.45) is 0 Å². The molecule has 4 rings (SSSR count). The number of nitrogen functional groups attached to an aromatic ring is 1. The van der Waals surface area contributed by atoms with Crippen molar-refractivity contribution in [2.45, 2.75) is 19.0 Å². The maximum atomic E-state index is 12.3. The van der Waals surface area contributed by atoms with Crippen molar-refractivity contribution in [3.8, 4) is 22.6 Å². The molecule has 0 atom stereocenters. The SMILES string of the molecule is Cc1ccc(-c2csc(NC(=O)CSc3nnc(-c4ccc(C)cc4)n3N)n2)cc1. The first kappa shape index (κ1) is 20.1. The monoisotopic (exact) mass is 436 g/mol. The Bertz CT molecular complexity index is 1170. The number of nitrogens with two attached hydrogens (primary N) is 1. The molecular weight excluding hydrogens is 416 g/mol. The predicted molar refractivity (Wildman–Crippen MR) is 122 cm³/mol. The van der Waals surface area contributed by atoms with E-state index in [-0.39, 0.29) is 11.7 Å². The second-order valence-corrected chi connectivity index (χ2v) is 8.58. The summed E-state index contributed by atoms with van der Waals surface area (Å²) in [5.74, 6) is 6.65. The zero-order valence-electron chi connectivity index (χ0n) is 16.5. The number of thioether (sulfide) groups is 1. The van der Waals surface area contributed by atoms with Gasteiger partial charge in [-0.15, -0.1) is 21.5 Å². The van der Waals surface area contributed by atoms with Crippen molar-refractivity contribution < 1.29 is 4.79 Å². The minimum Gasteiger partial charge on any atom is -0.335 e. The highest BCUT2D eigenvalue weighted by molar-refractivity contribution is 7.99. The lowest BCUT2D eigenvalue weighted by atomic mass is 10.1. The Balaban J connectivity index is 1.36. The van der Waals surface area contributed by atoms with Gasteiger partial charge >= 0.3 is 0 Å². The van der Waals surface area contributed by atoms with Gasteiger partial charge in [0.15, 0.2) is 11.0 Å². The maximum absolute atomic E-state index is 12.3. The molecule has 0 aliphatic carbocycles. The molecule has 0 unspecified atom stereocenters. The third kappa shape index (κ3) is 4.52. The van der Waals surface area contributed by atoms with E-state index in [4.69, 9.17) is 5.84 Å². The van der Waals surface area contributed by atoms with Gasteiger partial charge in [-0.1, -0.05) is 71.4 Å². The molecule has 0 spiro atoms. The van der Waals surface area contributed by atoms with E-state index in [0.717, 1.165) is 22.4 Å². The first-order chi connectivity index (χ1) is 14.5. The van der Waals surface area contributed by atoms with Gasteiger partial charge in [0.1, 0.15) is 0 Å². The van der Waals surface area contributed by atoms with E-state index in [1.807, 2.05) is 67.8 Å². The van der Waals surface area contributed by atoms with E-state index in [2.05, 4.69) is 20.5 Å². The average molecular weight is 437 g/mol. The average Bonchev–Trinajstić information content (AvgIpc) is 3.34. The van der Waals surface area contributed by atoms with Gasteiger partial charge in [-0.3, -0.25) is 4.79 Å². The standard InChI is InChI=1S/C21H20N6OS2/c1-13-3-7-15(8-4-13)17-11-29-20(23-17)24-18(28)12-30-21-26-25-19(27(21)22)16-9-5-14(2)6-10-16/h3-11H,12,22H2,1-2H3,(H,23,24,28). The van der Waals surface area contributed by atoms with Gasteiger partial charge in [-0.25, -0.2) is 9.66 Å². The van der Waals surface area contributed by atoms with E-state index in [0.29, 0.717) is 16.1 Å². The molecule has 0 saturated heterocycles. The van der Waals surface area contributed by atoms with E-state index >= 15 is 0 Å². The van der Waals surface area contributed by atoms with Gasteiger partial charge in [0.25, 0.3) is 0 Å². The fourth-order valence-electron chi connectivity index (χ4n) is 2.75. The molecule has 7 nitrogen and oxygen atoms in total. The number of hydrogen-bond acceptors (Lipinski definition) is 7. The molecule has 0 fully saturated rings. The largest absolute Gasteiger partial charge is 0.335 e. The van der Waals surface area contributed by atoms with Crippen LogP contribution in [0, 0.1) is 13.8 Å². The maximum Gasteiger partial charge on any atom is 0.236 e. The second-order valence-electron chi connectivity index (χ2n) is 6.78. The van der Waals surface area contributed by atoms with E-state index in [1.54, 1.807) is 0 Å². The molecule has 1 amide bonds. The Kier molecular flexibility index (Phi) is 5.82. The van der Waals surface area contributed by atoms with Crippen LogP contribution >= 0.6 is 23.1 Å². The van der Waals surface area contributed by atoms with Crippen molar-refractivity contribution in [1.82, 2.24) is 19.9 Å². The number of rotatable bonds is 6. The number of thiazole rings is 1. The molecule has 152 valence electrons. The summed E-state index contributed by atoms with van der Waals surface area (Å²) < 4.78 is 1.40. The van der Waals surface area contributed by atoms with Gasteiger partial charge in [0.05, 0.1) is 11.4 Å². The molecule has 0 aliphatic heterocycles. The van der Waals surface area contributed by atoms with Gasteiger partial charge in [-0.2, -0.15) is 0 Å². The number of carbonyl (C=O) groups is 1. The summed E-state index contributed by atoms with van der Waals surface area (Å²) in [6.07, 6.45) is 0. The summed E-state index contributed by atoms with van der Waals surface area (Å²) in [5, 5.41) is 14.0. The molecule has 0 radical (unpaired) electrons. The second kappa shape index (κ2) is 8.68. The summed E-state index contributed by atoms with van der Waals surface area (Å²) in [4.78, 5) is 16.8. The Hall–Kier alpha value is -3.17. The molecule has 3 N–H and O–H groups in total. The normalized spacial score (nSPS) is 10.9. The van der Waals surface area contributed by atoms with Crippen LogP contribution in [0.4, 0.5) is 5.13 Å². The molecule has 30 heavy (non-hydrogen) atoms. The minimum absolute atomic E-state index is 0.155. The van der Waals surface area contributed by atoms with Crippen LogP contribution in [0.2, 0.25) is 0 Å². The van der Waals surface area contributed by atoms with Crippen molar-refractivity contribution >= 4 is 34.1 Å². The van der Waals surface area contributed by atoms with E-state index in [1.165, 1.54) is 33.3 Å².